The van der Waals surface area contributed by atoms with Gasteiger partial charge in [0.15, 0.2) is 0 Å². The third-order valence-corrected chi connectivity index (χ3v) is 1.46. The van der Waals surface area contributed by atoms with E-state index in [4.69, 9.17) is 0 Å². The number of hydrogen-bond donors (Lipinski definition) is 0. The Morgan fingerprint density at radius 2 is 2.36 bits per heavy atom. The predicted octanol–water partition coefficient (Wildman–Crippen LogP) is 1.67. The second-order valence-electron chi connectivity index (χ2n) is 2.20. The maximum atomic E-state index is 4.08. The van der Waals surface area contributed by atoms with E-state index in [1.54, 1.807) is 6.20 Å². The molecule has 0 saturated heterocycles. The summed E-state index contributed by atoms with van der Waals surface area (Å²) in [7, 11) is 0. The van der Waals surface area contributed by atoms with Crippen LogP contribution in [0, 0.1) is 0 Å². The lowest BCUT2D eigenvalue weighted by atomic mass is 10.2. The highest BCUT2D eigenvalue weighted by molar-refractivity contribution is 5.64. The summed E-state index contributed by atoms with van der Waals surface area (Å²) in [5, 5.41) is 0. The lowest BCUT2D eigenvalue weighted by Crippen LogP contribution is -1.86. The molecule has 1 aliphatic rings. The van der Waals surface area contributed by atoms with Gasteiger partial charge in [-0.15, -0.1) is 5.73 Å². The molecule has 1 aromatic heterocycles. The van der Waals surface area contributed by atoms with Crippen molar-refractivity contribution in [3.05, 3.63) is 41.7 Å². The second kappa shape index (κ2) is 2.52. The van der Waals surface area contributed by atoms with Crippen molar-refractivity contribution in [3.8, 4) is 0 Å². The molecule has 1 heterocycles. The minimum atomic E-state index is 0.921. The Bertz CT molecular complexity index is 358. The summed E-state index contributed by atoms with van der Waals surface area (Å²) in [6, 6.07) is 0. The molecule has 0 radical (unpaired) electrons. The summed E-state index contributed by atoms with van der Waals surface area (Å²) >= 11 is 0. The Balaban J connectivity index is 2.67. The SMILES string of the molecule is C1=CC=Cc2cncnc2C=1. The van der Waals surface area contributed by atoms with Crippen molar-refractivity contribution in [2.75, 3.05) is 0 Å². The summed E-state index contributed by atoms with van der Waals surface area (Å²) in [4.78, 5) is 7.99. The van der Waals surface area contributed by atoms with Gasteiger partial charge in [0.1, 0.15) is 6.33 Å². The largest absolute Gasteiger partial charge is 0.244 e. The molecule has 0 aliphatic heterocycles. The van der Waals surface area contributed by atoms with E-state index in [1.807, 2.05) is 24.3 Å². The molecule has 1 aliphatic carbocycles. The van der Waals surface area contributed by atoms with Crippen LogP contribution in [0.5, 0.6) is 0 Å². The fourth-order valence-corrected chi connectivity index (χ4v) is 0.933. The van der Waals surface area contributed by atoms with Gasteiger partial charge in [-0.05, 0) is 6.08 Å². The molecule has 0 unspecified atom stereocenters. The van der Waals surface area contributed by atoms with E-state index in [0.717, 1.165) is 11.3 Å². The van der Waals surface area contributed by atoms with E-state index in [2.05, 4.69) is 15.7 Å². The van der Waals surface area contributed by atoms with Gasteiger partial charge in [0.25, 0.3) is 0 Å². The average Bonchev–Trinajstić information content (AvgIpc) is 2.28. The molecule has 2 rings (SSSR count). The van der Waals surface area contributed by atoms with Crippen molar-refractivity contribution in [2.24, 2.45) is 0 Å². The zero-order valence-electron chi connectivity index (χ0n) is 5.86. The van der Waals surface area contributed by atoms with Crippen molar-refractivity contribution in [2.45, 2.75) is 0 Å². The molecule has 1 aromatic rings. The molecule has 0 amide bonds. The Morgan fingerprint density at radius 1 is 1.36 bits per heavy atom. The molecule has 0 spiro atoms. The molecule has 0 N–H and O–H groups in total. The van der Waals surface area contributed by atoms with Crippen molar-refractivity contribution < 1.29 is 0 Å². The highest BCUT2D eigenvalue weighted by Crippen LogP contribution is 2.09. The molecule has 0 fully saturated rings. The zero-order valence-corrected chi connectivity index (χ0v) is 5.86. The Hall–Kier alpha value is -1.66. The van der Waals surface area contributed by atoms with E-state index in [0.29, 0.717) is 0 Å². The van der Waals surface area contributed by atoms with Crippen LogP contribution >= 0.6 is 0 Å². The number of nitrogens with zero attached hydrogens (tertiary/aromatic N) is 2. The van der Waals surface area contributed by atoms with Gasteiger partial charge in [-0.3, -0.25) is 0 Å². The first-order valence-electron chi connectivity index (χ1n) is 3.36. The third-order valence-electron chi connectivity index (χ3n) is 1.46. The molecule has 52 valence electrons. The van der Waals surface area contributed by atoms with Crippen molar-refractivity contribution in [1.82, 2.24) is 9.97 Å². The van der Waals surface area contributed by atoms with Gasteiger partial charge in [-0.1, -0.05) is 12.2 Å². The summed E-state index contributed by atoms with van der Waals surface area (Å²) in [5.74, 6) is 0. The van der Waals surface area contributed by atoms with Crippen LogP contribution in [-0.4, -0.2) is 9.97 Å². The molecule has 0 saturated carbocycles. The molecular formula is C9H6N2. The maximum absolute atomic E-state index is 4.08. The van der Waals surface area contributed by atoms with E-state index < -0.39 is 0 Å². The van der Waals surface area contributed by atoms with Gasteiger partial charge in [0.05, 0.1) is 5.69 Å². The standard InChI is InChI=1S/C9H6N2/c1-2-4-8-6-10-7-11-9(8)5-3-1/h1-2,4-7H. The van der Waals surface area contributed by atoms with Crippen LogP contribution in [0.25, 0.3) is 12.2 Å². The van der Waals surface area contributed by atoms with Crippen LogP contribution in [0.3, 0.4) is 0 Å². The zero-order chi connectivity index (χ0) is 7.52. The average molecular weight is 142 g/mol. The van der Waals surface area contributed by atoms with E-state index >= 15 is 0 Å². The van der Waals surface area contributed by atoms with Gasteiger partial charge in [-0.2, -0.15) is 0 Å². The topological polar surface area (TPSA) is 25.8 Å². The van der Waals surface area contributed by atoms with Gasteiger partial charge in [-0.25, -0.2) is 9.97 Å². The second-order valence-corrected chi connectivity index (χ2v) is 2.20. The number of fused-ring (bicyclic) bond motifs is 1. The molecular weight excluding hydrogens is 136 g/mol. The van der Waals surface area contributed by atoms with E-state index in [-0.39, 0.29) is 0 Å². The minimum Gasteiger partial charge on any atom is -0.244 e. The molecule has 11 heavy (non-hydrogen) atoms. The van der Waals surface area contributed by atoms with Crippen LogP contribution in [0.15, 0.2) is 30.4 Å². The number of aromatic nitrogens is 2. The Labute approximate surface area is 64.6 Å². The summed E-state index contributed by atoms with van der Waals surface area (Å²) in [5.41, 5.74) is 4.93. The van der Waals surface area contributed by atoms with Crippen LogP contribution in [-0.2, 0) is 0 Å². The predicted molar refractivity (Wildman–Crippen MR) is 43.6 cm³/mol. The highest BCUT2D eigenvalue weighted by atomic mass is 14.8. The lowest BCUT2D eigenvalue weighted by molar-refractivity contribution is 1.14. The summed E-state index contributed by atoms with van der Waals surface area (Å²) in [6.45, 7) is 0. The monoisotopic (exact) mass is 142 g/mol. The molecule has 2 heteroatoms. The number of allylic oxidation sites excluding steroid dienone is 2. The van der Waals surface area contributed by atoms with Crippen LogP contribution in [0.4, 0.5) is 0 Å². The first-order chi connectivity index (χ1) is 5.47. The smallest absolute Gasteiger partial charge is 0.116 e. The maximum Gasteiger partial charge on any atom is 0.116 e. The van der Waals surface area contributed by atoms with Crippen LogP contribution in [0.1, 0.15) is 11.3 Å². The van der Waals surface area contributed by atoms with E-state index in [9.17, 15) is 0 Å². The fourth-order valence-electron chi connectivity index (χ4n) is 0.933. The van der Waals surface area contributed by atoms with Gasteiger partial charge in [0, 0.05) is 17.8 Å². The normalized spacial score (nSPS) is 12.7. The lowest BCUT2D eigenvalue weighted by Gasteiger charge is -1.93. The van der Waals surface area contributed by atoms with Crippen LogP contribution < -0.4 is 0 Å². The molecule has 0 aromatic carbocycles. The molecule has 2 nitrogen and oxygen atoms in total. The number of hydrogen-bond acceptors (Lipinski definition) is 2. The highest BCUT2D eigenvalue weighted by Gasteiger charge is 1.96. The molecule has 0 atom stereocenters. The summed E-state index contributed by atoms with van der Waals surface area (Å²) in [6.07, 6.45) is 10.9. The van der Waals surface area contributed by atoms with E-state index in [1.165, 1.54) is 6.33 Å². The first-order valence-corrected chi connectivity index (χ1v) is 3.36. The Kier molecular flexibility index (Phi) is 1.39. The van der Waals surface area contributed by atoms with Crippen molar-refractivity contribution in [1.29, 1.82) is 0 Å². The first kappa shape index (κ1) is 6.08. The van der Waals surface area contributed by atoms with Gasteiger partial charge in [0.2, 0.25) is 0 Å². The van der Waals surface area contributed by atoms with Crippen LogP contribution in [0.2, 0.25) is 0 Å². The van der Waals surface area contributed by atoms with Crippen molar-refractivity contribution >= 4 is 12.2 Å². The molecule has 0 bridgehead atoms. The van der Waals surface area contributed by atoms with Crippen molar-refractivity contribution in [3.63, 3.8) is 0 Å². The number of rotatable bonds is 0. The van der Waals surface area contributed by atoms with Gasteiger partial charge >= 0.3 is 0 Å². The quantitative estimate of drug-likeness (QED) is 0.515. The minimum absolute atomic E-state index is 0.921. The fraction of sp³-hybridized carbons (Fsp3) is 0. The third kappa shape index (κ3) is 1.11. The Morgan fingerprint density at radius 3 is 3.36 bits per heavy atom. The summed E-state index contributed by atoms with van der Waals surface area (Å²) < 4.78 is 0. The van der Waals surface area contributed by atoms with Gasteiger partial charge < -0.3 is 0 Å².